The molecule has 2 aromatic heterocycles. The third-order valence-electron chi connectivity index (χ3n) is 4.52. The molecule has 1 atom stereocenters. The number of aromatic nitrogens is 3. The Morgan fingerprint density at radius 1 is 1.12 bits per heavy atom. The van der Waals surface area contributed by atoms with Crippen LogP contribution in [0.2, 0.25) is 0 Å². The molecule has 1 unspecified atom stereocenters. The maximum atomic E-state index is 12.7. The molecule has 0 radical (unpaired) electrons. The first kappa shape index (κ1) is 15.5. The second-order valence-corrected chi connectivity index (χ2v) is 6.10. The van der Waals surface area contributed by atoms with Gasteiger partial charge in [-0.1, -0.05) is 18.2 Å². The summed E-state index contributed by atoms with van der Waals surface area (Å²) in [6.45, 7) is 1.26. The molecule has 1 aromatic carbocycles. The molecule has 0 saturated carbocycles. The molecule has 1 fully saturated rings. The first-order valence-electron chi connectivity index (χ1n) is 8.47. The number of benzene rings is 1. The Labute approximate surface area is 145 Å². The number of para-hydroxylation sites is 1. The molecule has 1 amide bonds. The number of anilines is 1. The van der Waals surface area contributed by atoms with Crippen molar-refractivity contribution in [3.05, 3.63) is 60.7 Å². The lowest BCUT2D eigenvalue weighted by molar-refractivity contribution is -0.122. The molecule has 1 N–H and O–H groups in total. The maximum Gasteiger partial charge on any atom is 0.243 e. The molecule has 0 aliphatic carbocycles. The fraction of sp³-hybridized carbons (Fsp3) is 0.263. The largest absolute Gasteiger partial charge is 0.349 e. The molecule has 3 aromatic rings. The van der Waals surface area contributed by atoms with Crippen LogP contribution >= 0.6 is 0 Å². The van der Waals surface area contributed by atoms with Gasteiger partial charge < -0.3 is 10.2 Å². The number of hydrogen-bond acceptors (Lipinski definition) is 5. The van der Waals surface area contributed by atoms with Crippen LogP contribution in [0.4, 0.5) is 5.82 Å². The third-order valence-corrected chi connectivity index (χ3v) is 4.52. The van der Waals surface area contributed by atoms with Crippen LogP contribution in [0.3, 0.4) is 0 Å². The number of nitrogens with one attached hydrogen (secondary N) is 1. The van der Waals surface area contributed by atoms with Gasteiger partial charge in [0.1, 0.15) is 18.2 Å². The molecule has 6 heteroatoms. The number of nitrogens with zero attached hydrogens (tertiary/aromatic N) is 4. The molecule has 1 aliphatic heterocycles. The first-order valence-corrected chi connectivity index (χ1v) is 8.47. The van der Waals surface area contributed by atoms with E-state index in [4.69, 9.17) is 0 Å². The van der Waals surface area contributed by atoms with Crippen molar-refractivity contribution in [3.63, 3.8) is 0 Å². The highest BCUT2D eigenvalue weighted by Gasteiger charge is 2.32. The normalized spacial score (nSPS) is 17.0. The minimum absolute atomic E-state index is 0.0193. The zero-order chi connectivity index (χ0) is 17.1. The predicted molar refractivity (Wildman–Crippen MR) is 96.0 cm³/mol. The standard InChI is InChI=1S/C19H19N5O/c25-19(21-12-14-6-3-4-10-20-14)17-9-5-11-24(17)18-15-7-1-2-8-16(15)22-13-23-18/h1-4,6-8,10,13,17H,5,9,11-12H2,(H,21,25). The molecule has 0 spiro atoms. The van der Waals surface area contributed by atoms with Gasteiger partial charge in [0.2, 0.25) is 5.91 Å². The highest BCUT2D eigenvalue weighted by molar-refractivity contribution is 5.93. The van der Waals surface area contributed by atoms with E-state index in [0.29, 0.717) is 6.54 Å². The SMILES string of the molecule is O=C(NCc1ccccn1)C1CCCN1c1ncnc2ccccc12. The fourth-order valence-electron chi connectivity index (χ4n) is 3.31. The first-order chi connectivity index (χ1) is 12.3. The van der Waals surface area contributed by atoms with Gasteiger partial charge in [-0.05, 0) is 37.1 Å². The number of pyridine rings is 1. The molecular weight excluding hydrogens is 314 g/mol. The lowest BCUT2D eigenvalue weighted by Gasteiger charge is -2.25. The molecule has 25 heavy (non-hydrogen) atoms. The van der Waals surface area contributed by atoms with E-state index in [1.165, 1.54) is 0 Å². The summed E-state index contributed by atoms with van der Waals surface area (Å²) in [4.78, 5) is 27.8. The van der Waals surface area contributed by atoms with Gasteiger partial charge in [0.15, 0.2) is 0 Å². The van der Waals surface area contributed by atoms with Crippen LogP contribution in [0, 0.1) is 0 Å². The van der Waals surface area contributed by atoms with Crippen LogP contribution in [-0.4, -0.2) is 33.4 Å². The van der Waals surface area contributed by atoms with Gasteiger partial charge in [-0.2, -0.15) is 0 Å². The summed E-state index contributed by atoms with van der Waals surface area (Å²) in [5, 5.41) is 3.98. The van der Waals surface area contributed by atoms with E-state index >= 15 is 0 Å². The maximum absolute atomic E-state index is 12.7. The summed E-state index contributed by atoms with van der Waals surface area (Å²) in [6.07, 6.45) is 5.10. The molecule has 3 heterocycles. The average molecular weight is 333 g/mol. The summed E-state index contributed by atoms with van der Waals surface area (Å²) < 4.78 is 0. The molecule has 1 saturated heterocycles. The molecule has 0 bridgehead atoms. The third kappa shape index (κ3) is 3.15. The number of amides is 1. The van der Waals surface area contributed by atoms with Gasteiger partial charge in [0.25, 0.3) is 0 Å². The number of hydrogen-bond donors (Lipinski definition) is 1. The Morgan fingerprint density at radius 2 is 2.00 bits per heavy atom. The van der Waals surface area contributed by atoms with E-state index in [1.54, 1.807) is 12.5 Å². The zero-order valence-electron chi connectivity index (χ0n) is 13.8. The quantitative estimate of drug-likeness (QED) is 0.793. The van der Waals surface area contributed by atoms with Crippen molar-refractivity contribution in [3.8, 4) is 0 Å². The van der Waals surface area contributed by atoms with Crippen molar-refractivity contribution in [1.29, 1.82) is 0 Å². The van der Waals surface area contributed by atoms with Crippen LogP contribution in [0.5, 0.6) is 0 Å². The van der Waals surface area contributed by atoms with Crippen LogP contribution in [0.1, 0.15) is 18.5 Å². The van der Waals surface area contributed by atoms with Gasteiger partial charge in [-0.3, -0.25) is 9.78 Å². The smallest absolute Gasteiger partial charge is 0.243 e. The van der Waals surface area contributed by atoms with Gasteiger partial charge in [0.05, 0.1) is 17.8 Å². The van der Waals surface area contributed by atoms with Gasteiger partial charge in [-0.15, -0.1) is 0 Å². The zero-order valence-corrected chi connectivity index (χ0v) is 13.8. The van der Waals surface area contributed by atoms with E-state index in [9.17, 15) is 4.79 Å². The summed E-state index contributed by atoms with van der Waals surface area (Å²) >= 11 is 0. The van der Waals surface area contributed by atoms with E-state index < -0.39 is 0 Å². The number of carbonyl (C=O) groups is 1. The van der Waals surface area contributed by atoms with Crippen molar-refractivity contribution in [2.45, 2.75) is 25.4 Å². The van der Waals surface area contributed by atoms with Crippen molar-refractivity contribution >= 4 is 22.6 Å². The number of carbonyl (C=O) groups excluding carboxylic acids is 1. The van der Waals surface area contributed by atoms with Crippen LogP contribution < -0.4 is 10.2 Å². The molecule has 6 nitrogen and oxygen atoms in total. The van der Waals surface area contributed by atoms with Crippen molar-refractivity contribution in [2.75, 3.05) is 11.4 Å². The molecule has 126 valence electrons. The Kier molecular flexibility index (Phi) is 4.24. The van der Waals surface area contributed by atoms with Gasteiger partial charge >= 0.3 is 0 Å². The Balaban J connectivity index is 1.54. The fourth-order valence-corrected chi connectivity index (χ4v) is 3.31. The minimum atomic E-state index is -0.206. The average Bonchev–Trinajstić information content (AvgIpc) is 3.16. The highest BCUT2D eigenvalue weighted by Crippen LogP contribution is 2.29. The molecule has 1 aliphatic rings. The van der Waals surface area contributed by atoms with E-state index in [-0.39, 0.29) is 11.9 Å². The van der Waals surface area contributed by atoms with E-state index in [0.717, 1.165) is 41.8 Å². The van der Waals surface area contributed by atoms with E-state index in [2.05, 4.69) is 25.2 Å². The second-order valence-electron chi connectivity index (χ2n) is 6.10. The van der Waals surface area contributed by atoms with Crippen LogP contribution in [0.15, 0.2) is 55.0 Å². The lowest BCUT2D eigenvalue weighted by Crippen LogP contribution is -2.43. The van der Waals surface area contributed by atoms with Gasteiger partial charge in [0, 0.05) is 18.1 Å². The van der Waals surface area contributed by atoms with E-state index in [1.807, 2.05) is 42.5 Å². The van der Waals surface area contributed by atoms with Crippen molar-refractivity contribution < 1.29 is 4.79 Å². The summed E-state index contributed by atoms with van der Waals surface area (Å²) in [5.74, 6) is 0.854. The molecular formula is C19H19N5O. The summed E-state index contributed by atoms with van der Waals surface area (Å²) in [5.41, 5.74) is 1.75. The predicted octanol–water partition coefficient (Wildman–Crippen LogP) is 2.31. The number of fused-ring (bicyclic) bond motifs is 1. The Morgan fingerprint density at radius 3 is 2.88 bits per heavy atom. The molecule has 4 rings (SSSR count). The number of rotatable bonds is 4. The van der Waals surface area contributed by atoms with Crippen LogP contribution in [0.25, 0.3) is 10.9 Å². The topological polar surface area (TPSA) is 71.0 Å². The van der Waals surface area contributed by atoms with Crippen LogP contribution in [-0.2, 0) is 11.3 Å². The summed E-state index contributed by atoms with van der Waals surface area (Å²) in [7, 11) is 0. The highest BCUT2D eigenvalue weighted by atomic mass is 16.2. The monoisotopic (exact) mass is 333 g/mol. The summed E-state index contributed by atoms with van der Waals surface area (Å²) in [6, 6.07) is 13.4. The minimum Gasteiger partial charge on any atom is -0.349 e. The Bertz CT molecular complexity index is 878. The van der Waals surface area contributed by atoms with Crippen molar-refractivity contribution in [1.82, 2.24) is 20.3 Å². The lowest BCUT2D eigenvalue weighted by atomic mass is 10.2. The Hall–Kier alpha value is -3.02. The second kappa shape index (κ2) is 6.84. The van der Waals surface area contributed by atoms with Gasteiger partial charge in [-0.25, -0.2) is 9.97 Å². The van der Waals surface area contributed by atoms with Crippen molar-refractivity contribution in [2.24, 2.45) is 0 Å².